The first-order valence-electron chi connectivity index (χ1n) is 10.2. The van der Waals surface area contributed by atoms with Gasteiger partial charge in [0.1, 0.15) is 0 Å². The van der Waals surface area contributed by atoms with E-state index in [9.17, 15) is 9.59 Å². The van der Waals surface area contributed by atoms with Crippen LogP contribution in [-0.2, 0) is 9.59 Å². The van der Waals surface area contributed by atoms with Crippen LogP contribution >= 0.6 is 11.8 Å². The number of piperidine rings is 2. The summed E-state index contributed by atoms with van der Waals surface area (Å²) in [6.45, 7) is 5.09. The molecular weight excluding hydrogens is 374 g/mol. The summed E-state index contributed by atoms with van der Waals surface area (Å²) >= 11 is 1.70. The third kappa shape index (κ3) is 5.37. The van der Waals surface area contributed by atoms with Crippen molar-refractivity contribution in [2.24, 2.45) is 11.8 Å². The minimum atomic E-state index is 0.0235. The van der Waals surface area contributed by atoms with Gasteiger partial charge in [0.05, 0.1) is 0 Å². The first-order chi connectivity index (χ1) is 13.6. The van der Waals surface area contributed by atoms with E-state index in [1.54, 1.807) is 24.2 Å². The van der Waals surface area contributed by atoms with Crippen molar-refractivity contribution in [1.29, 1.82) is 0 Å². The molecule has 1 atom stereocenters. The van der Waals surface area contributed by atoms with Crippen molar-refractivity contribution in [3.05, 3.63) is 18.5 Å². The number of anilines is 1. The number of thioether (sulfide) groups is 1. The van der Waals surface area contributed by atoms with Crippen LogP contribution in [0.1, 0.15) is 32.6 Å². The molecule has 2 fully saturated rings. The molecule has 154 valence electrons. The summed E-state index contributed by atoms with van der Waals surface area (Å²) < 4.78 is 0. The van der Waals surface area contributed by atoms with Crippen molar-refractivity contribution in [1.82, 2.24) is 20.2 Å². The van der Waals surface area contributed by atoms with Gasteiger partial charge in [-0.2, -0.15) is 11.8 Å². The fraction of sp³-hybridized carbons (Fsp3) is 0.700. The number of aromatic nitrogens is 2. The van der Waals surface area contributed by atoms with E-state index in [0.717, 1.165) is 50.5 Å². The molecular formula is C20H31N5O2S. The Labute approximate surface area is 171 Å². The van der Waals surface area contributed by atoms with E-state index in [1.807, 2.05) is 24.1 Å². The standard InChI is InChI=1S/C20H31N5O2S/c1-15(14-28-2)19(27)24-10-4-16(5-11-24)18(26)23-17-6-12-25(13-7-17)20-21-8-3-9-22-20/h3,8-9,15-17H,4-7,10-14H2,1-2H3,(H,23,26). The number of amides is 2. The minimum Gasteiger partial charge on any atom is -0.353 e. The summed E-state index contributed by atoms with van der Waals surface area (Å²) in [5, 5.41) is 3.23. The number of likely N-dealkylation sites (tertiary alicyclic amines) is 1. The molecule has 3 heterocycles. The third-order valence-corrected chi connectivity index (χ3v) is 6.53. The number of nitrogens with zero attached hydrogens (tertiary/aromatic N) is 4. The Kier molecular flexibility index (Phi) is 7.53. The summed E-state index contributed by atoms with van der Waals surface area (Å²) in [5.74, 6) is 2.07. The highest BCUT2D eigenvalue weighted by atomic mass is 32.2. The highest BCUT2D eigenvalue weighted by Gasteiger charge is 2.31. The Balaban J connectivity index is 1.40. The summed E-state index contributed by atoms with van der Waals surface area (Å²) in [5.41, 5.74) is 0. The fourth-order valence-corrected chi connectivity index (χ4v) is 4.63. The van der Waals surface area contributed by atoms with Gasteiger partial charge in [0, 0.05) is 62.2 Å². The van der Waals surface area contributed by atoms with Gasteiger partial charge in [-0.05, 0) is 38.0 Å². The third-order valence-electron chi connectivity index (χ3n) is 5.69. The molecule has 1 N–H and O–H groups in total. The molecule has 2 aliphatic rings. The van der Waals surface area contributed by atoms with Crippen molar-refractivity contribution >= 4 is 29.5 Å². The summed E-state index contributed by atoms with van der Waals surface area (Å²) in [7, 11) is 0. The number of hydrogen-bond donors (Lipinski definition) is 1. The van der Waals surface area contributed by atoms with Gasteiger partial charge >= 0.3 is 0 Å². The van der Waals surface area contributed by atoms with Crippen LogP contribution in [0.3, 0.4) is 0 Å². The maximum Gasteiger partial charge on any atom is 0.226 e. The van der Waals surface area contributed by atoms with Gasteiger partial charge in [-0.1, -0.05) is 6.92 Å². The first-order valence-corrected chi connectivity index (χ1v) is 11.6. The van der Waals surface area contributed by atoms with Gasteiger partial charge in [0.2, 0.25) is 17.8 Å². The predicted molar refractivity (Wildman–Crippen MR) is 112 cm³/mol. The lowest BCUT2D eigenvalue weighted by atomic mass is 9.94. The summed E-state index contributed by atoms with van der Waals surface area (Å²) in [6, 6.07) is 2.03. The molecule has 2 amide bonds. The molecule has 8 heteroatoms. The molecule has 0 aliphatic carbocycles. The number of carbonyl (C=O) groups is 2. The van der Waals surface area contributed by atoms with Crippen molar-refractivity contribution < 1.29 is 9.59 Å². The van der Waals surface area contributed by atoms with Crippen LogP contribution in [-0.4, -0.2) is 70.9 Å². The van der Waals surface area contributed by atoms with Crippen LogP contribution in [0.4, 0.5) is 5.95 Å². The lowest BCUT2D eigenvalue weighted by molar-refractivity contribution is -0.138. The first kappa shape index (κ1) is 20.9. The smallest absolute Gasteiger partial charge is 0.226 e. The highest BCUT2D eigenvalue weighted by molar-refractivity contribution is 7.98. The van der Waals surface area contributed by atoms with Gasteiger partial charge < -0.3 is 15.1 Å². The molecule has 3 rings (SSSR count). The lowest BCUT2D eigenvalue weighted by Crippen LogP contribution is -2.49. The Morgan fingerprint density at radius 2 is 1.79 bits per heavy atom. The minimum absolute atomic E-state index is 0.0235. The largest absolute Gasteiger partial charge is 0.353 e. The van der Waals surface area contributed by atoms with Crippen molar-refractivity contribution in [3.8, 4) is 0 Å². The van der Waals surface area contributed by atoms with E-state index < -0.39 is 0 Å². The van der Waals surface area contributed by atoms with Crippen LogP contribution < -0.4 is 10.2 Å². The molecule has 0 spiro atoms. The van der Waals surface area contributed by atoms with Gasteiger partial charge in [-0.25, -0.2) is 9.97 Å². The molecule has 1 aromatic heterocycles. The zero-order valence-electron chi connectivity index (χ0n) is 16.8. The molecule has 0 radical (unpaired) electrons. The van der Waals surface area contributed by atoms with Crippen LogP contribution in [0.25, 0.3) is 0 Å². The van der Waals surface area contributed by atoms with Crippen LogP contribution in [0.2, 0.25) is 0 Å². The molecule has 7 nitrogen and oxygen atoms in total. The van der Waals surface area contributed by atoms with Gasteiger partial charge in [0.15, 0.2) is 0 Å². The van der Waals surface area contributed by atoms with Crippen molar-refractivity contribution in [2.45, 2.75) is 38.6 Å². The topological polar surface area (TPSA) is 78.4 Å². The number of hydrogen-bond acceptors (Lipinski definition) is 6. The second-order valence-corrected chi connectivity index (χ2v) is 8.69. The van der Waals surface area contributed by atoms with E-state index in [-0.39, 0.29) is 29.7 Å². The second-order valence-electron chi connectivity index (χ2n) is 7.77. The van der Waals surface area contributed by atoms with Crippen molar-refractivity contribution in [2.75, 3.05) is 43.1 Å². The molecule has 0 saturated carbocycles. The number of rotatable bonds is 6. The Hall–Kier alpha value is -1.83. The van der Waals surface area contributed by atoms with E-state index in [0.29, 0.717) is 13.1 Å². The van der Waals surface area contributed by atoms with Crippen LogP contribution in [0.5, 0.6) is 0 Å². The van der Waals surface area contributed by atoms with Crippen LogP contribution in [0.15, 0.2) is 18.5 Å². The fourth-order valence-electron chi connectivity index (χ4n) is 3.99. The van der Waals surface area contributed by atoms with E-state index in [2.05, 4.69) is 20.2 Å². The molecule has 2 saturated heterocycles. The zero-order valence-corrected chi connectivity index (χ0v) is 17.7. The van der Waals surface area contributed by atoms with E-state index >= 15 is 0 Å². The highest BCUT2D eigenvalue weighted by Crippen LogP contribution is 2.21. The average Bonchev–Trinajstić information content (AvgIpc) is 2.74. The number of carbonyl (C=O) groups excluding carboxylic acids is 2. The second kappa shape index (κ2) is 10.1. The number of nitrogens with one attached hydrogen (secondary N) is 1. The van der Waals surface area contributed by atoms with Crippen molar-refractivity contribution in [3.63, 3.8) is 0 Å². The van der Waals surface area contributed by atoms with Gasteiger partial charge in [-0.15, -0.1) is 0 Å². The Bertz CT molecular complexity index is 643. The molecule has 28 heavy (non-hydrogen) atoms. The predicted octanol–water partition coefficient (Wildman–Crippen LogP) is 1.80. The SMILES string of the molecule is CSCC(C)C(=O)N1CCC(C(=O)NC2CCN(c3ncccn3)CC2)CC1. The zero-order chi connectivity index (χ0) is 19.9. The molecule has 1 unspecified atom stereocenters. The lowest BCUT2D eigenvalue weighted by Gasteiger charge is -2.35. The van der Waals surface area contributed by atoms with E-state index in [4.69, 9.17) is 0 Å². The Morgan fingerprint density at radius 1 is 1.14 bits per heavy atom. The maximum absolute atomic E-state index is 12.7. The van der Waals surface area contributed by atoms with E-state index in [1.165, 1.54) is 0 Å². The molecule has 1 aromatic rings. The maximum atomic E-state index is 12.7. The summed E-state index contributed by atoms with van der Waals surface area (Å²) in [4.78, 5) is 37.8. The molecule has 0 bridgehead atoms. The average molecular weight is 406 g/mol. The van der Waals surface area contributed by atoms with Gasteiger partial charge in [-0.3, -0.25) is 9.59 Å². The molecule has 0 aromatic carbocycles. The quantitative estimate of drug-likeness (QED) is 0.778. The normalized spacial score (nSPS) is 20.1. The Morgan fingerprint density at radius 3 is 2.39 bits per heavy atom. The molecule has 2 aliphatic heterocycles. The van der Waals surface area contributed by atoms with Crippen LogP contribution in [0, 0.1) is 11.8 Å². The summed E-state index contributed by atoms with van der Waals surface area (Å²) in [6.07, 6.45) is 8.89. The monoisotopic (exact) mass is 405 g/mol. The van der Waals surface area contributed by atoms with Gasteiger partial charge in [0.25, 0.3) is 0 Å².